The largest absolute Gasteiger partial charge is 0.491 e. The van der Waals surface area contributed by atoms with Crippen LogP contribution in [0.3, 0.4) is 0 Å². The number of nitrogens with zero attached hydrogens (tertiary/aromatic N) is 2. The minimum Gasteiger partial charge on any atom is -0.491 e. The number of rotatable bonds is 2. The van der Waals surface area contributed by atoms with Gasteiger partial charge in [0.2, 0.25) is 5.91 Å². The lowest BCUT2D eigenvalue weighted by molar-refractivity contribution is -0.134. The summed E-state index contributed by atoms with van der Waals surface area (Å²) in [5.74, 6) is 0.836. The maximum Gasteiger partial charge on any atom is 0.236 e. The highest BCUT2D eigenvalue weighted by molar-refractivity contribution is 5.78. The molecule has 2 heterocycles. The highest BCUT2D eigenvalue weighted by Gasteiger charge is 2.23. The number of amides is 1. The molecule has 0 unspecified atom stereocenters. The standard InChI is InChI=1S/C21H32N2O5/c24-18-8-10-23(21(26)15-22-11-13-27-14-12-22)9-4-3-6-17-5-1-2-7-20(17)28-16-19(18)25/h1-2,5,7,18-19,24-25H,3-4,6,8-16H2/t18-,19+/m0/s1. The number of hydrogen-bond donors (Lipinski definition) is 2. The van der Waals surface area contributed by atoms with Crippen LogP contribution in [0.5, 0.6) is 5.75 Å². The Morgan fingerprint density at radius 2 is 1.82 bits per heavy atom. The number of carbonyl (C=O) groups is 1. The lowest BCUT2D eigenvalue weighted by Crippen LogP contribution is -2.46. The molecule has 2 aliphatic heterocycles. The van der Waals surface area contributed by atoms with Crippen molar-refractivity contribution < 1.29 is 24.5 Å². The van der Waals surface area contributed by atoms with Crippen LogP contribution in [-0.4, -0.2) is 90.7 Å². The number of para-hydroxylation sites is 1. The van der Waals surface area contributed by atoms with Gasteiger partial charge in [-0.3, -0.25) is 9.69 Å². The number of aliphatic hydroxyl groups excluding tert-OH is 2. The van der Waals surface area contributed by atoms with Crippen LogP contribution in [0.2, 0.25) is 0 Å². The molecular weight excluding hydrogens is 360 g/mol. The third-order valence-electron chi connectivity index (χ3n) is 5.46. The van der Waals surface area contributed by atoms with E-state index in [0.717, 1.165) is 43.7 Å². The summed E-state index contributed by atoms with van der Waals surface area (Å²) in [5, 5.41) is 20.5. The van der Waals surface area contributed by atoms with E-state index in [2.05, 4.69) is 4.90 Å². The lowest BCUT2D eigenvalue weighted by Gasteiger charge is -2.30. The first-order valence-corrected chi connectivity index (χ1v) is 10.3. The SMILES string of the molecule is O=C(CN1CCOCC1)N1CCCCc2ccccc2OC[C@@H](O)[C@@H](O)CC1. The molecule has 7 heteroatoms. The molecule has 28 heavy (non-hydrogen) atoms. The number of ether oxygens (including phenoxy) is 2. The fraction of sp³-hybridized carbons (Fsp3) is 0.667. The molecule has 7 nitrogen and oxygen atoms in total. The van der Waals surface area contributed by atoms with E-state index >= 15 is 0 Å². The maximum atomic E-state index is 12.8. The van der Waals surface area contributed by atoms with Crippen molar-refractivity contribution in [3.8, 4) is 5.75 Å². The Hall–Kier alpha value is -1.67. The van der Waals surface area contributed by atoms with Crippen LogP contribution < -0.4 is 4.74 Å². The van der Waals surface area contributed by atoms with Crippen molar-refractivity contribution in [1.29, 1.82) is 0 Å². The van der Waals surface area contributed by atoms with Gasteiger partial charge in [0.15, 0.2) is 0 Å². The normalized spacial score (nSPS) is 25.6. The van der Waals surface area contributed by atoms with Gasteiger partial charge in [0.25, 0.3) is 0 Å². The highest BCUT2D eigenvalue weighted by Crippen LogP contribution is 2.21. The van der Waals surface area contributed by atoms with E-state index in [0.29, 0.717) is 39.3 Å². The summed E-state index contributed by atoms with van der Waals surface area (Å²) in [5.41, 5.74) is 1.09. The zero-order chi connectivity index (χ0) is 19.8. The average molecular weight is 392 g/mol. The van der Waals surface area contributed by atoms with Gasteiger partial charge in [0.05, 0.1) is 25.9 Å². The summed E-state index contributed by atoms with van der Waals surface area (Å²) in [6.07, 6.45) is 1.13. The molecule has 0 aromatic heterocycles. The molecule has 1 aromatic rings. The van der Waals surface area contributed by atoms with Gasteiger partial charge in [-0.15, -0.1) is 0 Å². The molecule has 0 saturated carbocycles. The van der Waals surface area contributed by atoms with Crippen LogP contribution in [0.15, 0.2) is 24.3 Å². The molecule has 0 spiro atoms. The van der Waals surface area contributed by atoms with Crippen molar-refractivity contribution in [3.63, 3.8) is 0 Å². The molecule has 0 aliphatic carbocycles. The van der Waals surface area contributed by atoms with Gasteiger partial charge in [-0.1, -0.05) is 18.2 Å². The summed E-state index contributed by atoms with van der Waals surface area (Å²) < 4.78 is 11.1. The van der Waals surface area contributed by atoms with Crippen molar-refractivity contribution >= 4 is 5.91 Å². The molecule has 0 bridgehead atoms. The molecule has 2 atom stereocenters. The van der Waals surface area contributed by atoms with E-state index in [1.54, 1.807) is 0 Å². The molecule has 0 radical (unpaired) electrons. The Morgan fingerprint density at radius 1 is 1.04 bits per heavy atom. The second kappa shape index (κ2) is 10.8. The van der Waals surface area contributed by atoms with Crippen molar-refractivity contribution in [1.82, 2.24) is 9.80 Å². The zero-order valence-electron chi connectivity index (χ0n) is 16.5. The number of aliphatic hydroxyl groups is 2. The minimum atomic E-state index is -0.981. The molecule has 2 N–H and O–H groups in total. The summed E-state index contributed by atoms with van der Waals surface area (Å²) in [4.78, 5) is 16.8. The van der Waals surface area contributed by atoms with Crippen LogP contribution in [0.1, 0.15) is 24.8 Å². The van der Waals surface area contributed by atoms with E-state index in [9.17, 15) is 15.0 Å². The summed E-state index contributed by atoms with van der Waals surface area (Å²) in [6, 6.07) is 7.81. The summed E-state index contributed by atoms with van der Waals surface area (Å²) >= 11 is 0. The predicted octanol–water partition coefficient (Wildman–Crippen LogP) is 0.674. The third-order valence-corrected chi connectivity index (χ3v) is 5.46. The second-order valence-electron chi connectivity index (χ2n) is 7.57. The molecule has 2 aliphatic rings. The molecule has 3 rings (SSSR count). The number of carbonyl (C=O) groups excluding carboxylic acids is 1. The van der Waals surface area contributed by atoms with Crippen molar-refractivity contribution in [2.45, 2.75) is 37.9 Å². The van der Waals surface area contributed by atoms with E-state index in [-0.39, 0.29) is 12.5 Å². The number of benzene rings is 1. The first-order valence-electron chi connectivity index (χ1n) is 10.3. The fourth-order valence-corrected chi connectivity index (χ4v) is 3.65. The molecule has 1 fully saturated rings. The monoisotopic (exact) mass is 392 g/mol. The van der Waals surface area contributed by atoms with Gasteiger partial charge in [-0.05, 0) is 37.3 Å². The van der Waals surface area contributed by atoms with Crippen LogP contribution in [-0.2, 0) is 16.0 Å². The highest BCUT2D eigenvalue weighted by atomic mass is 16.5. The van der Waals surface area contributed by atoms with Gasteiger partial charge >= 0.3 is 0 Å². The van der Waals surface area contributed by atoms with E-state index in [4.69, 9.17) is 9.47 Å². The van der Waals surface area contributed by atoms with Gasteiger partial charge < -0.3 is 24.6 Å². The van der Waals surface area contributed by atoms with Crippen LogP contribution >= 0.6 is 0 Å². The van der Waals surface area contributed by atoms with Crippen molar-refractivity contribution in [3.05, 3.63) is 29.8 Å². The van der Waals surface area contributed by atoms with Crippen molar-refractivity contribution in [2.24, 2.45) is 0 Å². The Bertz CT molecular complexity index is 621. The number of fused-ring (bicyclic) bond motifs is 1. The zero-order valence-corrected chi connectivity index (χ0v) is 16.5. The van der Waals surface area contributed by atoms with Crippen LogP contribution in [0, 0.1) is 0 Å². The second-order valence-corrected chi connectivity index (χ2v) is 7.57. The number of hydrogen-bond acceptors (Lipinski definition) is 6. The average Bonchev–Trinajstić information content (AvgIpc) is 2.73. The first kappa shape index (κ1) is 21.0. The molecule has 156 valence electrons. The first-order chi connectivity index (χ1) is 13.6. The minimum absolute atomic E-state index is 0.0416. The maximum absolute atomic E-state index is 12.8. The third kappa shape index (κ3) is 6.17. The Labute approximate surface area is 166 Å². The molecular formula is C21H32N2O5. The smallest absolute Gasteiger partial charge is 0.236 e. The van der Waals surface area contributed by atoms with Crippen LogP contribution in [0.25, 0.3) is 0 Å². The molecule has 1 saturated heterocycles. The Morgan fingerprint density at radius 3 is 2.64 bits per heavy atom. The lowest BCUT2D eigenvalue weighted by atomic mass is 10.1. The predicted molar refractivity (Wildman–Crippen MR) is 105 cm³/mol. The van der Waals surface area contributed by atoms with Gasteiger partial charge in [0, 0.05) is 26.2 Å². The topological polar surface area (TPSA) is 82.5 Å². The number of morpholine rings is 1. The van der Waals surface area contributed by atoms with Gasteiger partial charge in [0.1, 0.15) is 18.5 Å². The fourth-order valence-electron chi connectivity index (χ4n) is 3.65. The number of aryl methyl sites for hydroxylation is 1. The quantitative estimate of drug-likeness (QED) is 0.770. The van der Waals surface area contributed by atoms with Crippen LogP contribution in [0.4, 0.5) is 0 Å². The summed E-state index contributed by atoms with van der Waals surface area (Å²) in [7, 11) is 0. The van der Waals surface area contributed by atoms with Crippen molar-refractivity contribution in [2.75, 3.05) is 52.5 Å². The molecule has 1 aromatic carbocycles. The van der Waals surface area contributed by atoms with Gasteiger partial charge in [-0.25, -0.2) is 0 Å². The Kier molecular flexibility index (Phi) is 8.09. The van der Waals surface area contributed by atoms with E-state index < -0.39 is 12.2 Å². The Balaban J connectivity index is 1.63. The van der Waals surface area contributed by atoms with E-state index in [1.165, 1.54) is 0 Å². The molecule has 1 amide bonds. The summed E-state index contributed by atoms with van der Waals surface area (Å²) in [6.45, 7) is 4.40. The van der Waals surface area contributed by atoms with E-state index in [1.807, 2.05) is 29.2 Å². The van der Waals surface area contributed by atoms with Gasteiger partial charge in [-0.2, -0.15) is 0 Å².